The van der Waals surface area contributed by atoms with E-state index in [1.807, 2.05) is 51.1 Å². The van der Waals surface area contributed by atoms with Gasteiger partial charge in [-0.3, -0.25) is 0 Å². The van der Waals surface area contributed by atoms with Gasteiger partial charge in [-0.1, -0.05) is 60.7 Å². The number of ether oxygens (including phenoxy) is 1. The van der Waals surface area contributed by atoms with E-state index < -0.39 is 11.9 Å². The van der Waals surface area contributed by atoms with E-state index in [9.17, 15) is 9.59 Å². The summed E-state index contributed by atoms with van der Waals surface area (Å²) in [5.41, 5.74) is 6.65. The molecule has 0 aliphatic carbocycles. The zero-order valence-corrected chi connectivity index (χ0v) is 17.4. The molecule has 4 heteroatoms. The summed E-state index contributed by atoms with van der Waals surface area (Å²) in [6.45, 7) is 10.1. The summed E-state index contributed by atoms with van der Waals surface area (Å²) in [6, 6.07) is 16.4. The van der Waals surface area contributed by atoms with Crippen molar-refractivity contribution >= 4 is 35.0 Å². The number of hydrogen-bond acceptors (Lipinski definition) is 3. The van der Waals surface area contributed by atoms with Crippen LogP contribution in [0.2, 0.25) is 0 Å². The van der Waals surface area contributed by atoms with Crippen LogP contribution in [0.1, 0.15) is 36.2 Å². The predicted molar refractivity (Wildman–Crippen MR) is 120 cm³/mol. The van der Waals surface area contributed by atoms with Crippen molar-refractivity contribution in [3.05, 3.63) is 94.2 Å². The molecule has 0 N–H and O–H groups in total. The topological polar surface area (TPSA) is 48.3 Å². The molecule has 1 aromatic heterocycles. The lowest BCUT2D eigenvalue weighted by molar-refractivity contribution is -0.149. The van der Waals surface area contributed by atoms with Gasteiger partial charge in [0.1, 0.15) is 0 Å². The second-order valence-electron chi connectivity index (χ2n) is 7.67. The Morgan fingerprint density at radius 3 is 2.40 bits per heavy atom. The molecule has 2 heterocycles. The molecule has 1 fully saturated rings. The highest BCUT2D eigenvalue weighted by atomic mass is 16.6. The van der Waals surface area contributed by atoms with Crippen LogP contribution in [0, 0.1) is 6.92 Å². The van der Waals surface area contributed by atoms with Crippen LogP contribution in [0.3, 0.4) is 0 Å². The van der Waals surface area contributed by atoms with Crippen LogP contribution in [0.4, 0.5) is 0 Å². The van der Waals surface area contributed by atoms with E-state index >= 15 is 0 Å². The number of benzene rings is 2. The number of rotatable bonds is 4. The largest absolute Gasteiger partial charge is 0.386 e. The van der Waals surface area contributed by atoms with Crippen molar-refractivity contribution in [3.8, 4) is 0 Å². The van der Waals surface area contributed by atoms with Gasteiger partial charge in [0.05, 0.1) is 11.1 Å². The monoisotopic (exact) mass is 397 g/mol. The Hall–Kier alpha value is -3.66. The van der Waals surface area contributed by atoms with E-state index in [0.717, 1.165) is 38.9 Å². The second kappa shape index (κ2) is 7.64. The van der Waals surface area contributed by atoms with Crippen LogP contribution in [0.25, 0.3) is 23.1 Å². The van der Waals surface area contributed by atoms with Crippen LogP contribution >= 0.6 is 0 Å². The number of allylic oxidation sites excluding steroid dienone is 1. The molecule has 4 rings (SSSR count). The molecule has 0 saturated carbocycles. The SMILES string of the molecule is C=Cc1ccc(Cn2c(/C=C3/C(=O)OC(=O)C3=C(C)C)c(C)c3ccccc32)cc1. The van der Waals surface area contributed by atoms with E-state index in [4.69, 9.17) is 4.74 Å². The van der Waals surface area contributed by atoms with Gasteiger partial charge in [-0.25, -0.2) is 9.59 Å². The Labute approximate surface area is 175 Å². The molecule has 0 bridgehead atoms. The smallest absolute Gasteiger partial charge is 0.346 e. The van der Waals surface area contributed by atoms with Crippen LogP contribution in [-0.2, 0) is 20.9 Å². The summed E-state index contributed by atoms with van der Waals surface area (Å²) in [5.74, 6) is -1.17. The highest BCUT2D eigenvalue weighted by molar-refractivity contribution is 6.20. The molecule has 1 aliphatic rings. The molecule has 1 aliphatic heterocycles. The van der Waals surface area contributed by atoms with E-state index in [-0.39, 0.29) is 0 Å². The molecule has 0 spiro atoms. The number of fused-ring (bicyclic) bond motifs is 1. The molecule has 0 radical (unpaired) electrons. The quantitative estimate of drug-likeness (QED) is 0.334. The van der Waals surface area contributed by atoms with Gasteiger partial charge in [0.25, 0.3) is 0 Å². The molecule has 3 aromatic rings. The standard InChI is InChI=1S/C26H23NO3/c1-5-18-10-12-19(13-11-18)15-27-22-9-7-6-8-20(22)17(4)23(27)14-21-24(16(2)3)26(29)30-25(21)28/h5-14H,1,15H2,2-4H3/b21-14+. The maximum Gasteiger partial charge on any atom is 0.346 e. The molecule has 0 unspecified atom stereocenters. The summed E-state index contributed by atoms with van der Waals surface area (Å²) < 4.78 is 7.07. The predicted octanol–water partition coefficient (Wildman–Crippen LogP) is 5.44. The zero-order chi connectivity index (χ0) is 21.4. The lowest BCUT2D eigenvalue weighted by atomic mass is 10.0. The number of cyclic esters (lactones) is 2. The van der Waals surface area contributed by atoms with Gasteiger partial charge in [-0.2, -0.15) is 0 Å². The van der Waals surface area contributed by atoms with Gasteiger partial charge >= 0.3 is 11.9 Å². The highest BCUT2D eigenvalue weighted by Crippen LogP contribution is 2.32. The Morgan fingerprint density at radius 1 is 1.03 bits per heavy atom. The highest BCUT2D eigenvalue weighted by Gasteiger charge is 2.34. The first-order valence-corrected chi connectivity index (χ1v) is 9.86. The third-order valence-corrected chi connectivity index (χ3v) is 5.49. The van der Waals surface area contributed by atoms with Crippen molar-refractivity contribution < 1.29 is 14.3 Å². The molecule has 150 valence electrons. The molecule has 2 aromatic carbocycles. The molecular weight excluding hydrogens is 374 g/mol. The first kappa shape index (κ1) is 19.6. The van der Waals surface area contributed by atoms with Gasteiger partial charge in [-0.05, 0) is 49.6 Å². The lowest BCUT2D eigenvalue weighted by Gasteiger charge is -2.10. The summed E-state index contributed by atoms with van der Waals surface area (Å²) >= 11 is 0. The fourth-order valence-corrected chi connectivity index (χ4v) is 3.94. The number of carbonyl (C=O) groups is 2. The first-order valence-electron chi connectivity index (χ1n) is 9.86. The molecule has 1 saturated heterocycles. The number of esters is 2. The maximum atomic E-state index is 12.4. The Bertz CT molecular complexity index is 1250. The van der Waals surface area contributed by atoms with E-state index in [0.29, 0.717) is 17.7 Å². The first-order chi connectivity index (χ1) is 14.4. The van der Waals surface area contributed by atoms with Gasteiger partial charge < -0.3 is 9.30 Å². The van der Waals surface area contributed by atoms with Crippen molar-refractivity contribution in [3.63, 3.8) is 0 Å². The van der Waals surface area contributed by atoms with Crippen molar-refractivity contribution in [1.82, 2.24) is 4.57 Å². The Kier molecular flexibility index (Phi) is 5.00. The Morgan fingerprint density at radius 2 is 1.73 bits per heavy atom. The van der Waals surface area contributed by atoms with Crippen LogP contribution in [-0.4, -0.2) is 16.5 Å². The minimum atomic E-state index is -0.595. The van der Waals surface area contributed by atoms with Crippen LogP contribution < -0.4 is 0 Å². The van der Waals surface area contributed by atoms with Crippen LogP contribution in [0.15, 0.2) is 71.8 Å². The number of aromatic nitrogens is 1. The lowest BCUT2D eigenvalue weighted by Crippen LogP contribution is -2.04. The van der Waals surface area contributed by atoms with Crippen molar-refractivity contribution in [2.24, 2.45) is 0 Å². The summed E-state index contributed by atoms with van der Waals surface area (Å²) in [4.78, 5) is 24.6. The second-order valence-corrected chi connectivity index (χ2v) is 7.67. The van der Waals surface area contributed by atoms with E-state index in [1.165, 1.54) is 0 Å². The van der Waals surface area contributed by atoms with Crippen molar-refractivity contribution in [2.75, 3.05) is 0 Å². The summed E-state index contributed by atoms with van der Waals surface area (Å²) in [5, 5.41) is 1.11. The average molecular weight is 397 g/mol. The van der Waals surface area contributed by atoms with Gasteiger partial charge in [0.2, 0.25) is 0 Å². The number of nitrogens with zero attached hydrogens (tertiary/aromatic N) is 1. The molecule has 0 amide bonds. The van der Waals surface area contributed by atoms with E-state index in [2.05, 4.69) is 35.4 Å². The number of para-hydroxylation sites is 1. The van der Waals surface area contributed by atoms with Crippen molar-refractivity contribution in [2.45, 2.75) is 27.3 Å². The minimum Gasteiger partial charge on any atom is -0.386 e. The zero-order valence-electron chi connectivity index (χ0n) is 17.4. The Balaban J connectivity index is 1.91. The van der Waals surface area contributed by atoms with Gasteiger partial charge in [-0.15, -0.1) is 0 Å². The normalized spacial score (nSPS) is 15.2. The summed E-state index contributed by atoms with van der Waals surface area (Å²) in [6.07, 6.45) is 3.61. The van der Waals surface area contributed by atoms with E-state index in [1.54, 1.807) is 6.08 Å². The summed E-state index contributed by atoms with van der Waals surface area (Å²) in [7, 11) is 0. The fraction of sp³-hybridized carbons (Fsp3) is 0.154. The number of carbonyl (C=O) groups excluding carboxylic acids is 2. The minimum absolute atomic E-state index is 0.314. The average Bonchev–Trinajstić information content (AvgIpc) is 3.16. The third kappa shape index (κ3) is 3.30. The fourth-order valence-electron chi connectivity index (χ4n) is 3.94. The third-order valence-electron chi connectivity index (χ3n) is 5.49. The molecular formula is C26H23NO3. The van der Waals surface area contributed by atoms with Crippen LogP contribution in [0.5, 0.6) is 0 Å². The molecule has 30 heavy (non-hydrogen) atoms. The van der Waals surface area contributed by atoms with Gasteiger partial charge in [0.15, 0.2) is 0 Å². The number of aryl methyl sites for hydroxylation is 1. The van der Waals surface area contributed by atoms with Gasteiger partial charge in [0, 0.05) is 23.1 Å². The molecule has 4 nitrogen and oxygen atoms in total. The maximum absolute atomic E-state index is 12.4. The van der Waals surface area contributed by atoms with Crippen molar-refractivity contribution in [1.29, 1.82) is 0 Å². The number of hydrogen-bond donors (Lipinski definition) is 0. The molecule has 0 atom stereocenters.